The van der Waals surface area contributed by atoms with Gasteiger partial charge in [-0.3, -0.25) is 9.78 Å². The second-order valence-electron chi connectivity index (χ2n) is 4.68. The van der Waals surface area contributed by atoms with Crippen LogP contribution in [0.2, 0.25) is 0 Å². The van der Waals surface area contributed by atoms with Crippen molar-refractivity contribution in [3.63, 3.8) is 0 Å². The largest absolute Gasteiger partial charge is 0.338 e. The zero-order chi connectivity index (χ0) is 12.8. The smallest absolute Gasteiger partial charge is 0.228 e. The molecule has 18 heavy (non-hydrogen) atoms. The highest BCUT2D eigenvalue weighted by Gasteiger charge is 2.23. The van der Waals surface area contributed by atoms with Gasteiger partial charge in [0.05, 0.1) is 6.42 Å². The summed E-state index contributed by atoms with van der Waals surface area (Å²) < 4.78 is 0. The summed E-state index contributed by atoms with van der Waals surface area (Å²) in [5.74, 6) is 0.185. The summed E-state index contributed by atoms with van der Waals surface area (Å²) >= 11 is 0. The molecule has 98 valence electrons. The number of carbonyl (C=O) groups is 1. The fraction of sp³-hybridized carbons (Fsp3) is 0.571. The molecule has 1 aliphatic rings. The molecule has 1 aromatic heterocycles. The highest BCUT2D eigenvalue weighted by Crippen LogP contribution is 2.12. The van der Waals surface area contributed by atoms with Crippen LogP contribution in [0.15, 0.2) is 24.4 Å². The van der Waals surface area contributed by atoms with E-state index in [9.17, 15) is 4.79 Å². The van der Waals surface area contributed by atoms with Gasteiger partial charge in [0.2, 0.25) is 5.91 Å². The third-order valence-corrected chi connectivity index (χ3v) is 3.43. The Labute approximate surface area is 108 Å². The van der Waals surface area contributed by atoms with Crippen molar-refractivity contribution in [1.29, 1.82) is 0 Å². The average molecular weight is 247 g/mol. The van der Waals surface area contributed by atoms with Gasteiger partial charge in [0, 0.05) is 31.0 Å². The third-order valence-electron chi connectivity index (χ3n) is 3.43. The number of nitrogens with one attached hydrogen (secondary N) is 1. The second-order valence-corrected chi connectivity index (χ2v) is 4.68. The van der Waals surface area contributed by atoms with Gasteiger partial charge in [-0.2, -0.15) is 0 Å². The number of pyridine rings is 1. The maximum atomic E-state index is 12.3. The average Bonchev–Trinajstić information content (AvgIpc) is 2.42. The summed E-state index contributed by atoms with van der Waals surface area (Å²) in [6, 6.07) is 6.05. The first-order valence-electron chi connectivity index (χ1n) is 6.71. The molecule has 1 aliphatic heterocycles. The minimum atomic E-state index is 0.185. The first-order valence-corrected chi connectivity index (χ1v) is 6.71. The molecule has 2 rings (SSSR count). The number of aromatic nitrogens is 1. The molecule has 2 heterocycles. The van der Waals surface area contributed by atoms with Crippen molar-refractivity contribution in [3.8, 4) is 0 Å². The molecule has 4 heteroatoms. The molecule has 1 N–H and O–H groups in total. The quantitative estimate of drug-likeness (QED) is 0.870. The van der Waals surface area contributed by atoms with Crippen LogP contribution in [0.3, 0.4) is 0 Å². The predicted molar refractivity (Wildman–Crippen MR) is 71.2 cm³/mol. The van der Waals surface area contributed by atoms with Crippen LogP contribution in [0.5, 0.6) is 0 Å². The summed E-state index contributed by atoms with van der Waals surface area (Å²) in [5.41, 5.74) is 0.852. The standard InChI is InChI=1S/C14H21N3O/c1-2-17(13-7-5-8-15-11-13)14(18)10-12-6-3-4-9-16-12/h3-4,6,9,13,15H,2,5,7-8,10-11H2,1H3. The van der Waals surface area contributed by atoms with Crippen LogP contribution in [-0.4, -0.2) is 41.5 Å². The maximum absolute atomic E-state index is 12.3. The zero-order valence-corrected chi connectivity index (χ0v) is 10.9. The van der Waals surface area contributed by atoms with E-state index in [1.807, 2.05) is 30.0 Å². The van der Waals surface area contributed by atoms with Crippen molar-refractivity contribution in [2.75, 3.05) is 19.6 Å². The number of likely N-dealkylation sites (N-methyl/N-ethyl adjacent to an activating group) is 1. The van der Waals surface area contributed by atoms with Crippen molar-refractivity contribution in [2.24, 2.45) is 0 Å². The molecule has 0 spiro atoms. The normalized spacial score (nSPS) is 19.5. The number of carbonyl (C=O) groups excluding carboxylic acids is 1. The molecule has 1 aromatic rings. The fourth-order valence-corrected chi connectivity index (χ4v) is 2.50. The van der Waals surface area contributed by atoms with E-state index < -0.39 is 0 Å². The van der Waals surface area contributed by atoms with Gasteiger partial charge in [-0.15, -0.1) is 0 Å². The SMILES string of the molecule is CCN(C(=O)Cc1ccccn1)C1CCCNC1. The number of hydrogen-bond acceptors (Lipinski definition) is 3. The topological polar surface area (TPSA) is 45.2 Å². The minimum absolute atomic E-state index is 0.185. The van der Waals surface area contributed by atoms with Crippen molar-refractivity contribution in [3.05, 3.63) is 30.1 Å². The number of nitrogens with zero attached hydrogens (tertiary/aromatic N) is 2. The van der Waals surface area contributed by atoms with Crippen molar-refractivity contribution < 1.29 is 4.79 Å². The monoisotopic (exact) mass is 247 g/mol. The maximum Gasteiger partial charge on any atom is 0.228 e. The molecule has 0 bridgehead atoms. The minimum Gasteiger partial charge on any atom is -0.338 e. The lowest BCUT2D eigenvalue weighted by molar-refractivity contribution is -0.133. The van der Waals surface area contributed by atoms with E-state index in [4.69, 9.17) is 0 Å². The second kappa shape index (κ2) is 6.50. The third kappa shape index (κ3) is 3.29. The first kappa shape index (κ1) is 13.0. The van der Waals surface area contributed by atoms with E-state index in [2.05, 4.69) is 10.3 Å². The van der Waals surface area contributed by atoms with Gasteiger partial charge in [0.25, 0.3) is 0 Å². The van der Waals surface area contributed by atoms with Gasteiger partial charge in [0.1, 0.15) is 0 Å². The van der Waals surface area contributed by atoms with Gasteiger partial charge >= 0.3 is 0 Å². The van der Waals surface area contributed by atoms with Gasteiger partial charge in [-0.1, -0.05) is 6.07 Å². The molecule has 1 saturated heterocycles. The molecular formula is C14H21N3O. The fourth-order valence-electron chi connectivity index (χ4n) is 2.50. The van der Waals surface area contributed by atoms with Crippen LogP contribution in [0.25, 0.3) is 0 Å². The summed E-state index contributed by atoms with van der Waals surface area (Å²) in [7, 11) is 0. The molecule has 0 radical (unpaired) electrons. The highest BCUT2D eigenvalue weighted by molar-refractivity contribution is 5.78. The lowest BCUT2D eigenvalue weighted by Crippen LogP contribution is -2.49. The molecule has 1 amide bonds. The molecule has 1 atom stereocenters. The Morgan fingerprint density at radius 1 is 1.56 bits per heavy atom. The Kier molecular flexibility index (Phi) is 4.70. The predicted octanol–water partition coefficient (Wildman–Crippen LogP) is 1.22. The van der Waals surface area contributed by atoms with E-state index in [-0.39, 0.29) is 5.91 Å². The van der Waals surface area contributed by atoms with Crippen LogP contribution in [0, 0.1) is 0 Å². The van der Waals surface area contributed by atoms with Gasteiger partial charge in [-0.05, 0) is 38.4 Å². The zero-order valence-electron chi connectivity index (χ0n) is 10.9. The summed E-state index contributed by atoms with van der Waals surface area (Å²) in [4.78, 5) is 18.5. The lowest BCUT2D eigenvalue weighted by atomic mass is 10.1. The van der Waals surface area contributed by atoms with E-state index in [0.29, 0.717) is 12.5 Å². The molecule has 4 nitrogen and oxygen atoms in total. The Morgan fingerprint density at radius 2 is 2.44 bits per heavy atom. The highest BCUT2D eigenvalue weighted by atomic mass is 16.2. The van der Waals surface area contributed by atoms with Crippen LogP contribution in [0.4, 0.5) is 0 Å². The molecule has 0 aliphatic carbocycles. The van der Waals surface area contributed by atoms with Gasteiger partial charge in [-0.25, -0.2) is 0 Å². The van der Waals surface area contributed by atoms with E-state index in [1.54, 1.807) is 6.20 Å². The van der Waals surface area contributed by atoms with E-state index >= 15 is 0 Å². The Hall–Kier alpha value is -1.42. The Bertz CT molecular complexity index is 374. The Morgan fingerprint density at radius 3 is 3.06 bits per heavy atom. The van der Waals surface area contributed by atoms with Crippen molar-refractivity contribution in [1.82, 2.24) is 15.2 Å². The number of rotatable bonds is 4. The summed E-state index contributed by atoms with van der Waals surface area (Å²) in [6.07, 6.45) is 4.40. The number of amides is 1. The summed E-state index contributed by atoms with van der Waals surface area (Å²) in [6.45, 7) is 4.81. The van der Waals surface area contributed by atoms with Gasteiger partial charge < -0.3 is 10.2 Å². The molecule has 0 saturated carbocycles. The van der Waals surface area contributed by atoms with Crippen LogP contribution in [-0.2, 0) is 11.2 Å². The molecule has 1 unspecified atom stereocenters. The van der Waals surface area contributed by atoms with Crippen LogP contribution >= 0.6 is 0 Å². The lowest BCUT2D eigenvalue weighted by Gasteiger charge is -2.34. The van der Waals surface area contributed by atoms with Crippen molar-refractivity contribution >= 4 is 5.91 Å². The van der Waals surface area contributed by atoms with E-state index in [0.717, 1.165) is 38.2 Å². The number of hydrogen-bond donors (Lipinski definition) is 1. The Balaban J connectivity index is 1.96. The van der Waals surface area contributed by atoms with E-state index in [1.165, 1.54) is 0 Å². The summed E-state index contributed by atoms with van der Waals surface area (Å²) in [5, 5.41) is 3.36. The molecule has 1 fully saturated rings. The first-order chi connectivity index (χ1) is 8.81. The van der Waals surface area contributed by atoms with Gasteiger partial charge in [0.15, 0.2) is 0 Å². The van der Waals surface area contributed by atoms with Crippen molar-refractivity contribution in [2.45, 2.75) is 32.2 Å². The van der Waals surface area contributed by atoms with Crippen LogP contribution < -0.4 is 5.32 Å². The van der Waals surface area contributed by atoms with Crippen LogP contribution in [0.1, 0.15) is 25.5 Å². The molecule has 0 aromatic carbocycles. The molecular weight excluding hydrogens is 226 g/mol. The number of piperidine rings is 1.